The zero-order chi connectivity index (χ0) is 13.5. The number of aliphatic hydroxyl groups excluding tert-OH is 1. The topological polar surface area (TPSA) is 64.6 Å². The first-order chi connectivity index (χ1) is 9.25. The Hall–Kier alpha value is -0.650. The van der Waals surface area contributed by atoms with E-state index in [0.717, 1.165) is 58.3 Å². The highest BCUT2D eigenvalue weighted by atomic mass is 16.3. The van der Waals surface area contributed by atoms with Crippen molar-refractivity contribution in [1.29, 1.82) is 0 Å². The summed E-state index contributed by atoms with van der Waals surface area (Å²) < 4.78 is 0. The third-order valence-corrected chi connectivity index (χ3v) is 4.13. The number of nitrogens with zero attached hydrogens (tertiary/aromatic N) is 1. The lowest BCUT2D eigenvalue weighted by atomic mass is 10.1. The molecule has 1 amide bonds. The van der Waals surface area contributed by atoms with Crippen LogP contribution in [-0.2, 0) is 4.79 Å². The van der Waals surface area contributed by atoms with Crippen LogP contribution in [0.5, 0.6) is 0 Å². The van der Waals surface area contributed by atoms with Gasteiger partial charge in [0.15, 0.2) is 0 Å². The molecule has 1 aliphatic carbocycles. The molecule has 0 aromatic carbocycles. The minimum Gasteiger partial charge on any atom is -0.391 e. The first-order valence-corrected chi connectivity index (χ1v) is 7.66. The van der Waals surface area contributed by atoms with E-state index in [0.29, 0.717) is 6.54 Å². The van der Waals surface area contributed by atoms with Crippen LogP contribution in [0.2, 0.25) is 0 Å². The van der Waals surface area contributed by atoms with E-state index in [1.54, 1.807) is 0 Å². The highest BCUT2D eigenvalue weighted by Gasteiger charge is 2.23. The van der Waals surface area contributed by atoms with E-state index < -0.39 is 0 Å². The van der Waals surface area contributed by atoms with E-state index in [9.17, 15) is 9.90 Å². The molecule has 2 rings (SSSR count). The van der Waals surface area contributed by atoms with Gasteiger partial charge in [-0.2, -0.15) is 0 Å². The summed E-state index contributed by atoms with van der Waals surface area (Å²) in [6.07, 6.45) is 5.81. The van der Waals surface area contributed by atoms with Crippen molar-refractivity contribution in [3.63, 3.8) is 0 Å². The molecule has 0 bridgehead atoms. The Labute approximate surface area is 115 Å². The number of amides is 1. The van der Waals surface area contributed by atoms with Crippen molar-refractivity contribution >= 4 is 5.91 Å². The summed E-state index contributed by atoms with van der Waals surface area (Å²) in [5.41, 5.74) is 0. The Morgan fingerprint density at radius 1 is 1.16 bits per heavy atom. The van der Waals surface area contributed by atoms with Crippen LogP contribution in [0, 0.1) is 0 Å². The Balaban J connectivity index is 1.75. The van der Waals surface area contributed by atoms with Gasteiger partial charge in [0.25, 0.3) is 0 Å². The number of nitrogens with one attached hydrogen (secondary N) is 2. The van der Waals surface area contributed by atoms with Gasteiger partial charge < -0.3 is 15.7 Å². The first-order valence-electron chi connectivity index (χ1n) is 7.66. The van der Waals surface area contributed by atoms with Gasteiger partial charge in [-0.05, 0) is 32.4 Å². The fourth-order valence-corrected chi connectivity index (χ4v) is 2.97. The molecule has 0 radical (unpaired) electrons. The van der Waals surface area contributed by atoms with Gasteiger partial charge in [-0.15, -0.1) is 0 Å². The summed E-state index contributed by atoms with van der Waals surface area (Å²) in [4.78, 5) is 14.3. The maximum absolute atomic E-state index is 12.1. The van der Waals surface area contributed by atoms with Crippen LogP contribution in [0.4, 0.5) is 0 Å². The quantitative estimate of drug-likeness (QED) is 0.636. The average molecular weight is 269 g/mol. The van der Waals surface area contributed by atoms with Gasteiger partial charge >= 0.3 is 0 Å². The third kappa shape index (κ3) is 5.09. The van der Waals surface area contributed by atoms with E-state index >= 15 is 0 Å². The molecule has 0 aromatic heterocycles. The van der Waals surface area contributed by atoms with Crippen LogP contribution >= 0.6 is 0 Å². The molecule has 1 saturated heterocycles. The molecule has 2 fully saturated rings. The molecule has 5 nitrogen and oxygen atoms in total. The van der Waals surface area contributed by atoms with Crippen molar-refractivity contribution in [3.05, 3.63) is 0 Å². The lowest BCUT2D eigenvalue weighted by Crippen LogP contribution is -2.47. The van der Waals surface area contributed by atoms with Crippen molar-refractivity contribution in [3.8, 4) is 0 Å². The minimum atomic E-state index is -0.364. The molecule has 0 aromatic rings. The van der Waals surface area contributed by atoms with Crippen molar-refractivity contribution < 1.29 is 9.90 Å². The number of carbonyl (C=O) groups excluding carboxylic acids is 1. The summed E-state index contributed by atoms with van der Waals surface area (Å²) in [6.45, 7) is 4.37. The Bertz CT molecular complexity index is 278. The molecule has 110 valence electrons. The average Bonchev–Trinajstić information content (AvgIpc) is 2.74. The van der Waals surface area contributed by atoms with Gasteiger partial charge in [0.1, 0.15) is 0 Å². The summed E-state index contributed by atoms with van der Waals surface area (Å²) in [5.74, 6) is 0.0628. The van der Waals surface area contributed by atoms with Crippen LogP contribution < -0.4 is 10.6 Å². The highest BCUT2D eigenvalue weighted by molar-refractivity contribution is 5.78. The number of aliphatic hydroxyl groups is 1. The molecule has 2 unspecified atom stereocenters. The SMILES string of the molecule is O=C(CN1CCCNCC1)NC1CCCCCC1O. The maximum atomic E-state index is 12.1. The number of hydrogen-bond acceptors (Lipinski definition) is 4. The van der Waals surface area contributed by atoms with E-state index in [4.69, 9.17) is 0 Å². The number of rotatable bonds is 3. The molecule has 1 aliphatic heterocycles. The lowest BCUT2D eigenvalue weighted by molar-refractivity contribution is -0.123. The molecule has 0 spiro atoms. The third-order valence-electron chi connectivity index (χ3n) is 4.13. The number of hydrogen-bond donors (Lipinski definition) is 3. The molecule has 5 heteroatoms. The highest BCUT2D eigenvalue weighted by Crippen LogP contribution is 2.17. The van der Waals surface area contributed by atoms with Crippen molar-refractivity contribution in [1.82, 2.24) is 15.5 Å². The largest absolute Gasteiger partial charge is 0.391 e. The van der Waals surface area contributed by atoms with Crippen LogP contribution in [-0.4, -0.2) is 60.8 Å². The summed E-state index contributed by atoms with van der Waals surface area (Å²) in [7, 11) is 0. The van der Waals surface area contributed by atoms with Crippen LogP contribution in [0.15, 0.2) is 0 Å². The van der Waals surface area contributed by atoms with Gasteiger partial charge in [0.05, 0.1) is 18.7 Å². The Morgan fingerprint density at radius 3 is 2.89 bits per heavy atom. The Kier molecular flexibility index (Phi) is 6.07. The molecule has 19 heavy (non-hydrogen) atoms. The van der Waals surface area contributed by atoms with Crippen LogP contribution in [0.3, 0.4) is 0 Å². The smallest absolute Gasteiger partial charge is 0.234 e. The van der Waals surface area contributed by atoms with Crippen LogP contribution in [0.1, 0.15) is 38.5 Å². The van der Waals surface area contributed by atoms with Gasteiger partial charge in [0.2, 0.25) is 5.91 Å². The molecular weight excluding hydrogens is 242 g/mol. The zero-order valence-corrected chi connectivity index (χ0v) is 11.7. The fraction of sp³-hybridized carbons (Fsp3) is 0.929. The maximum Gasteiger partial charge on any atom is 0.234 e. The van der Waals surface area contributed by atoms with Crippen molar-refractivity contribution in [2.45, 2.75) is 50.7 Å². The number of carbonyl (C=O) groups is 1. The van der Waals surface area contributed by atoms with Gasteiger partial charge in [-0.3, -0.25) is 9.69 Å². The van der Waals surface area contributed by atoms with Crippen molar-refractivity contribution in [2.75, 3.05) is 32.7 Å². The molecule has 2 atom stereocenters. The van der Waals surface area contributed by atoms with Crippen LogP contribution in [0.25, 0.3) is 0 Å². The van der Waals surface area contributed by atoms with Gasteiger partial charge in [0, 0.05) is 13.1 Å². The van der Waals surface area contributed by atoms with Gasteiger partial charge in [-0.1, -0.05) is 19.3 Å². The summed E-state index contributed by atoms with van der Waals surface area (Å²) in [6, 6.07) is -0.0416. The van der Waals surface area contributed by atoms with Crippen molar-refractivity contribution in [2.24, 2.45) is 0 Å². The standard InChI is InChI=1S/C14H27N3O2/c18-13-6-3-1-2-5-12(13)16-14(19)11-17-9-4-7-15-8-10-17/h12-13,15,18H,1-11H2,(H,16,19). The Morgan fingerprint density at radius 2 is 2.00 bits per heavy atom. The lowest BCUT2D eigenvalue weighted by Gasteiger charge is -2.24. The second-order valence-corrected chi connectivity index (χ2v) is 5.76. The van der Waals surface area contributed by atoms with E-state index in [-0.39, 0.29) is 18.1 Å². The molecule has 1 heterocycles. The monoisotopic (exact) mass is 269 g/mol. The first kappa shape index (κ1) is 14.8. The predicted octanol–water partition coefficient (Wildman–Crippen LogP) is 0.0915. The van der Waals surface area contributed by atoms with E-state index in [1.165, 1.54) is 6.42 Å². The summed E-state index contributed by atoms with van der Waals surface area (Å²) in [5, 5.41) is 16.4. The van der Waals surface area contributed by atoms with E-state index in [1.807, 2.05) is 0 Å². The van der Waals surface area contributed by atoms with Gasteiger partial charge in [-0.25, -0.2) is 0 Å². The summed E-state index contributed by atoms with van der Waals surface area (Å²) >= 11 is 0. The molecule has 2 aliphatic rings. The zero-order valence-electron chi connectivity index (χ0n) is 11.7. The second kappa shape index (κ2) is 7.82. The minimum absolute atomic E-state index is 0.0416. The van der Waals surface area contributed by atoms with E-state index in [2.05, 4.69) is 15.5 Å². The normalized spacial score (nSPS) is 30.4. The molecule has 3 N–H and O–H groups in total. The molecule has 1 saturated carbocycles. The fourth-order valence-electron chi connectivity index (χ4n) is 2.97. The second-order valence-electron chi connectivity index (χ2n) is 5.76. The predicted molar refractivity (Wildman–Crippen MR) is 74.9 cm³/mol. The molecular formula is C14H27N3O2.